The highest BCUT2D eigenvalue weighted by atomic mass is 16.7. The predicted octanol–water partition coefficient (Wildman–Crippen LogP) is 2.44. The molecule has 0 radical (unpaired) electrons. The van der Waals surface area contributed by atoms with Gasteiger partial charge in [0.15, 0.2) is 0 Å². The summed E-state index contributed by atoms with van der Waals surface area (Å²) in [5.41, 5.74) is 0.733. The molecule has 0 atom stereocenters. The predicted molar refractivity (Wildman–Crippen MR) is 57.0 cm³/mol. The first kappa shape index (κ1) is 11.7. The van der Waals surface area contributed by atoms with Gasteiger partial charge in [0.05, 0.1) is 0 Å². The molecule has 0 N–H and O–H groups in total. The molecule has 0 aromatic heterocycles. The first-order valence-corrected chi connectivity index (χ1v) is 5.03. The summed E-state index contributed by atoms with van der Waals surface area (Å²) in [4.78, 5) is 0. The van der Waals surface area contributed by atoms with Crippen molar-refractivity contribution in [1.29, 1.82) is 5.26 Å². The third-order valence-electron chi connectivity index (χ3n) is 2.00. The summed E-state index contributed by atoms with van der Waals surface area (Å²) >= 11 is 0. The van der Waals surface area contributed by atoms with Gasteiger partial charge in [0.1, 0.15) is 6.07 Å². The van der Waals surface area contributed by atoms with Crippen molar-refractivity contribution < 1.29 is 9.47 Å². The van der Waals surface area contributed by atoms with E-state index in [1.165, 1.54) is 0 Å². The lowest BCUT2D eigenvalue weighted by Crippen LogP contribution is -2.31. The summed E-state index contributed by atoms with van der Waals surface area (Å²) in [6, 6.07) is 11.4. The van der Waals surface area contributed by atoms with Gasteiger partial charge in [0.2, 0.25) is 0 Å². The van der Waals surface area contributed by atoms with Crippen LogP contribution in [0.15, 0.2) is 30.3 Å². The summed E-state index contributed by atoms with van der Waals surface area (Å²) in [5.74, 6) is -1.26. The van der Waals surface area contributed by atoms with E-state index < -0.39 is 5.79 Å². The highest BCUT2D eigenvalue weighted by molar-refractivity contribution is 5.25. The summed E-state index contributed by atoms with van der Waals surface area (Å²) in [6.07, 6.45) is 0. The minimum Gasteiger partial charge on any atom is -0.335 e. The Morgan fingerprint density at radius 1 is 1.13 bits per heavy atom. The van der Waals surface area contributed by atoms with E-state index in [9.17, 15) is 5.26 Å². The van der Waals surface area contributed by atoms with Crippen LogP contribution < -0.4 is 0 Å². The van der Waals surface area contributed by atoms with Gasteiger partial charge in [-0.1, -0.05) is 30.3 Å². The molecule has 3 nitrogen and oxygen atoms in total. The van der Waals surface area contributed by atoms with Gasteiger partial charge < -0.3 is 9.47 Å². The Bertz CT molecular complexity index is 323. The van der Waals surface area contributed by atoms with Crippen LogP contribution in [0.4, 0.5) is 0 Å². The Balaban J connectivity index is 3.05. The number of rotatable bonds is 5. The SMILES string of the molecule is CCOC(C#N)(OCC)c1ccccc1. The van der Waals surface area contributed by atoms with Gasteiger partial charge in [-0.05, 0) is 13.8 Å². The average Bonchev–Trinajstić information content (AvgIpc) is 2.30. The van der Waals surface area contributed by atoms with E-state index in [1.54, 1.807) is 0 Å². The van der Waals surface area contributed by atoms with Crippen LogP contribution in [0.25, 0.3) is 0 Å². The minimum absolute atomic E-state index is 0.433. The fourth-order valence-electron chi connectivity index (χ4n) is 1.40. The Kier molecular flexibility index (Phi) is 4.29. The molecule has 80 valence electrons. The Hall–Kier alpha value is -1.37. The molecule has 0 aliphatic heterocycles. The molecule has 0 amide bonds. The van der Waals surface area contributed by atoms with Crippen LogP contribution in [0.3, 0.4) is 0 Å². The Morgan fingerprint density at radius 3 is 2.07 bits per heavy atom. The Labute approximate surface area is 90.2 Å². The molecule has 3 heteroatoms. The fourth-order valence-corrected chi connectivity index (χ4v) is 1.40. The molecule has 1 aromatic carbocycles. The second-order valence-corrected chi connectivity index (χ2v) is 2.96. The first-order chi connectivity index (χ1) is 7.29. The second-order valence-electron chi connectivity index (χ2n) is 2.96. The first-order valence-electron chi connectivity index (χ1n) is 5.03. The minimum atomic E-state index is -1.26. The maximum Gasteiger partial charge on any atom is 0.286 e. The van der Waals surface area contributed by atoms with Crippen LogP contribution >= 0.6 is 0 Å². The molecule has 0 aliphatic rings. The van der Waals surface area contributed by atoms with Gasteiger partial charge in [-0.25, -0.2) is 0 Å². The van der Waals surface area contributed by atoms with E-state index in [2.05, 4.69) is 6.07 Å². The van der Waals surface area contributed by atoms with Crippen molar-refractivity contribution in [3.63, 3.8) is 0 Å². The molecule has 0 aliphatic carbocycles. The normalized spacial score (nSPS) is 11.0. The zero-order chi connectivity index (χ0) is 11.1. The van der Waals surface area contributed by atoms with Gasteiger partial charge in [-0.2, -0.15) is 5.26 Å². The van der Waals surface area contributed by atoms with Crippen molar-refractivity contribution in [1.82, 2.24) is 0 Å². The van der Waals surface area contributed by atoms with E-state index in [0.29, 0.717) is 13.2 Å². The van der Waals surface area contributed by atoms with Crippen molar-refractivity contribution >= 4 is 0 Å². The van der Waals surface area contributed by atoms with Gasteiger partial charge in [-0.3, -0.25) is 0 Å². The number of nitrogens with zero attached hydrogens (tertiary/aromatic N) is 1. The highest BCUT2D eigenvalue weighted by Gasteiger charge is 2.33. The maximum absolute atomic E-state index is 9.19. The topological polar surface area (TPSA) is 42.2 Å². The van der Waals surface area contributed by atoms with Crippen molar-refractivity contribution in [3.05, 3.63) is 35.9 Å². The molecule has 0 saturated carbocycles. The lowest BCUT2D eigenvalue weighted by atomic mass is 10.1. The molecule has 1 aromatic rings. The molecule has 0 bridgehead atoms. The molecule has 0 saturated heterocycles. The number of benzene rings is 1. The van der Waals surface area contributed by atoms with E-state index in [-0.39, 0.29) is 0 Å². The van der Waals surface area contributed by atoms with Crippen LogP contribution in [-0.4, -0.2) is 13.2 Å². The lowest BCUT2D eigenvalue weighted by molar-refractivity contribution is -0.201. The summed E-state index contributed by atoms with van der Waals surface area (Å²) < 4.78 is 10.8. The van der Waals surface area contributed by atoms with Crippen molar-refractivity contribution in [2.45, 2.75) is 19.6 Å². The molecular formula is C12H15NO2. The van der Waals surface area contributed by atoms with Crippen molar-refractivity contribution in [2.75, 3.05) is 13.2 Å². The number of hydrogen-bond donors (Lipinski definition) is 0. The molecule has 0 fully saturated rings. The van der Waals surface area contributed by atoms with Crippen molar-refractivity contribution in [3.8, 4) is 6.07 Å². The van der Waals surface area contributed by atoms with Crippen LogP contribution in [-0.2, 0) is 15.3 Å². The monoisotopic (exact) mass is 205 g/mol. The smallest absolute Gasteiger partial charge is 0.286 e. The molecular weight excluding hydrogens is 190 g/mol. The Morgan fingerprint density at radius 2 is 1.67 bits per heavy atom. The van der Waals surface area contributed by atoms with Gasteiger partial charge >= 0.3 is 0 Å². The third-order valence-corrected chi connectivity index (χ3v) is 2.00. The van der Waals surface area contributed by atoms with Gasteiger partial charge in [-0.15, -0.1) is 0 Å². The molecule has 15 heavy (non-hydrogen) atoms. The number of nitriles is 1. The lowest BCUT2D eigenvalue weighted by Gasteiger charge is -2.26. The highest BCUT2D eigenvalue weighted by Crippen LogP contribution is 2.26. The quantitative estimate of drug-likeness (QED) is 0.693. The van der Waals surface area contributed by atoms with E-state index in [4.69, 9.17) is 9.47 Å². The summed E-state index contributed by atoms with van der Waals surface area (Å²) in [6.45, 7) is 4.55. The van der Waals surface area contributed by atoms with Crippen LogP contribution in [0, 0.1) is 11.3 Å². The standard InChI is InChI=1S/C12H15NO2/c1-3-14-12(10-13,15-4-2)11-8-6-5-7-9-11/h5-9H,3-4H2,1-2H3. The summed E-state index contributed by atoms with van der Waals surface area (Å²) in [7, 11) is 0. The van der Waals surface area contributed by atoms with Crippen molar-refractivity contribution in [2.24, 2.45) is 0 Å². The van der Waals surface area contributed by atoms with Gasteiger partial charge in [0.25, 0.3) is 5.79 Å². The molecule has 0 heterocycles. The van der Waals surface area contributed by atoms with Gasteiger partial charge in [0, 0.05) is 18.8 Å². The third kappa shape index (κ3) is 2.56. The largest absolute Gasteiger partial charge is 0.335 e. The maximum atomic E-state index is 9.19. The fraction of sp³-hybridized carbons (Fsp3) is 0.417. The van der Waals surface area contributed by atoms with Crippen LogP contribution in [0.1, 0.15) is 19.4 Å². The van der Waals surface area contributed by atoms with Crippen LogP contribution in [0.2, 0.25) is 0 Å². The second kappa shape index (κ2) is 5.50. The number of hydrogen-bond acceptors (Lipinski definition) is 3. The molecule has 0 spiro atoms. The van der Waals surface area contributed by atoms with E-state index in [0.717, 1.165) is 5.56 Å². The zero-order valence-electron chi connectivity index (χ0n) is 9.06. The number of ether oxygens (including phenoxy) is 2. The van der Waals surface area contributed by atoms with E-state index in [1.807, 2.05) is 44.2 Å². The van der Waals surface area contributed by atoms with Crippen LogP contribution in [0.5, 0.6) is 0 Å². The average molecular weight is 205 g/mol. The molecule has 1 rings (SSSR count). The zero-order valence-corrected chi connectivity index (χ0v) is 9.06. The summed E-state index contributed by atoms with van der Waals surface area (Å²) in [5, 5.41) is 9.19. The molecule has 0 unspecified atom stereocenters. The van der Waals surface area contributed by atoms with E-state index >= 15 is 0 Å².